The fourth-order valence-electron chi connectivity index (χ4n) is 7.25. The first-order valence-corrected chi connectivity index (χ1v) is 14.9. The SMILES string of the molecule is CC[C@@]12/C=C\CCCCOC(=O)[C@@H]1[C@H]1C(=O)N(CCCCO)C3C(=O)N(c4ccc5ccccc5c4)CC=C[C@@]31O2. The van der Waals surface area contributed by atoms with Crippen LogP contribution in [0.1, 0.15) is 45.4 Å². The highest BCUT2D eigenvalue weighted by atomic mass is 16.6. The van der Waals surface area contributed by atoms with Crippen molar-refractivity contribution in [1.29, 1.82) is 0 Å². The lowest BCUT2D eigenvalue weighted by atomic mass is 9.73. The van der Waals surface area contributed by atoms with E-state index in [-0.39, 0.29) is 25.0 Å². The molecule has 2 amide bonds. The Kier molecular flexibility index (Phi) is 7.47. The third-order valence-corrected chi connectivity index (χ3v) is 9.23. The summed E-state index contributed by atoms with van der Waals surface area (Å²) in [6.07, 6.45) is 11.7. The average molecular weight is 559 g/mol. The topological polar surface area (TPSA) is 96.4 Å². The van der Waals surface area contributed by atoms with Crippen molar-refractivity contribution in [1.82, 2.24) is 4.90 Å². The zero-order valence-corrected chi connectivity index (χ0v) is 23.5. The van der Waals surface area contributed by atoms with Gasteiger partial charge in [0.2, 0.25) is 5.91 Å². The predicted molar refractivity (Wildman–Crippen MR) is 155 cm³/mol. The van der Waals surface area contributed by atoms with Crippen LogP contribution in [-0.4, -0.2) is 71.3 Å². The molecule has 2 saturated heterocycles. The van der Waals surface area contributed by atoms with Gasteiger partial charge in [0.25, 0.3) is 5.91 Å². The highest BCUT2D eigenvalue weighted by Crippen LogP contribution is 2.58. The van der Waals surface area contributed by atoms with Crippen molar-refractivity contribution in [3.63, 3.8) is 0 Å². The number of cyclic esters (lactones) is 1. The number of hydrogen-bond donors (Lipinski definition) is 1. The van der Waals surface area contributed by atoms with Crippen LogP contribution in [0.3, 0.4) is 0 Å². The molecule has 4 aliphatic rings. The van der Waals surface area contributed by atoms with Crippen LogP contribution >= 0.6 is 0 Å². The van der Waals surface area contributed by atoms with E-state index in [9.17, 15) is 19.5 Å². The molecule has 41 heavy (non-hydrogen) atoms. The van der Waals surface area contributed by atoms with E-state index >= 15 is 0 Å². The Morgan fingerprint density at radius 3 is 2.59 bits per heavy atom. The van der Waals surface area contributed by atoms with Crippen molar-refractivity contribution in [3.05, 3.63) is 66.8 Å². The molecule has 0 aromatic heterocycles. The van der Waals surface area contributed by atoms with Crippen LogP contribution in [-0.2, 0) is 23.9 Å². The van der Waals surface area contributed by atoms with Crippen LogP contribution in [0.25, 0.3) is 10.8 Å². The van der Waals surface area contributed by atoms with E-state index in [0.29, 0.717) is 32.4 Å². The van der Waals surface area contributed by atoms with Crippen LogP contribution in [0.15, 0.2) is 66.8 Å². The summed E-state index contributed by atoms with van der Waals surface area (Å²) in [5, 5.41) is 11.5. The molecule has 1 N–H and O–H groups in total. The van der Waals surface area contributed by atoms with Crippen LogP contribution in [0, 0.1) is 11.8 Å². The van der Waals surface area contributed by atoms with E-state index < -0.39 is 35.0 Å². The first-order valence-electron chi connectivity index (χ1n) is 14.9. The first kappa shape index (κ1) is 27.7. The van der Waals surface area contributed by atoms with Gasteiger partial charge in [0.15, 0.2) is 0 Å². The number of rotatable bonds is 6. The van der Waals surface area contributed by atoms with Crippen LogP contribution in [0.5, 0.6) is 0 Å². The van der Waals surface area contributed by atoms with E-state index in [1.165, 1.54) is 0 Å². The molecule has 0 bridgehead atoms. The number of aliphatic hydroxyl groups is 1. The van der Waals surface area contributed by atoms with E-state index in [1.54, 1.807) is 9.80 Å². The number of likely N-dealkylation sites (tertiary alicyclic amines) is 1. The molecule has 2 fully saturated rings. The number of ether oxygens (including phenoxy) is 2. The molecular formula is C33H38N2O6. The van der Waals surface area contributed by atoms with E-state index in [0.717, 1.165) is 35.7 Å². The van der Waals surface area contributed by atoms with Crippen molar-refractivity contribution < 1.29 is 29.0 Å². The Hall–Kier alpha value is -3.49. The van der Waals surface area contributed by atoms with Gasteiger partial charge in [-0.05, 0) is 61.4 Å². The first-order chi connectivity index (χ1) is 20.0. The lowest BCUT2D eigenvalue weighted by Gasteiger charge is -2.38. The van der Waals surface area contributed by atoms with Gasteiger partial charge in [0.05, 0.1) is 12.5 Å². The Labute approximate surface area is 240 Å². The number of allylic oxidation sites excluding steroid dienone is 1. The minimum Gasteiger partial charge on any atom is -0.465 e. The van der Waals surface area contributed by atoms with Crippen LogP contribution in [0.4, 0.5) is 5.69 Å². The summed E-state index contributed by atoms with van der Waals surface area (Å²) in [6, 6.07) is 13.0. The third kappa shape index (κ3) is 4.48. The number of aliphatic hydroxyl groups excluding tert-OH is 1. The summed E-state index contributed by atoms with van der Waals surface area (Å²) in [6.45, 7) is 2.84. The van der Waals surface area contributed by atoms with Gasteiger partial charge in [-0.1, -0.05) is 61.6 Å². The summed E-state index contributed by atoms with van der Waals surface area (Å²) < 4.78 is 12.7. The summed E-state index contributed by atoms with van der Waals surface area (Å²) >= 11 is 0. The highest BCUT2D eigenvalue weighted by Gasteiger charge is 2.75. The van der Waals surface area contributed by atoms with Crippen molar-refractivity contribution >= 4 is 34.2 Å². The molecule has 1 unspecified atom stereocenters. The molecule has 216 valence electrons. The summed E-state index contributed by atoms with van der Waals surface area (Å²) in [7, 11) is 0. The van der Waals surface area contributed by atoms with Crippen molar-refractivity contribution in [2.24, 2.45) is 11.8 Å². The molecular weight excluding hydrogens is 520 g/mol. The molecule has 4 heterocycles. The monoisotopic (exact) mass is 558 g/mol. The summed E-state index contributed by atoms with van der Waals surface area (Å²) in [4.78, 5) is 46.1. The van der Waals surface area contributed by atoms with Crippen molar-refractivity contribution in [3.8, 4) is 0 Å². The number of carbonyl (C=O) groups excluding carboxylic acids is 3. The van der Waals surface area contributed by atoms with Crippen molar-refractivity contribution in [2.45, 2.75) is 62.7 Å². The molecule has 0 aliphatic carbocycles. The standard InChI is InChI=1S/C33H38N2O6/c1-2-32-16-7-3-4-10-21-40-31(39)27(32)26-29(37)35(18-8-9-20-36)28-30(38)34(19-11-17-33(26,28)41-32)25-15-14-23-12-5-6-13-24(23)22-25/h5-7,11-17,22,26-28,36H,2-4,8-10,18-21H2,1H3/b16-7-/t26-,27-,28?,32+,33-/m0/s1. The maximum absolute atomic E-state index is 14.6. The number of esters is 1. The van der Waals surface area contributed by atoms with Gasteiger partial charge in [-0.15, -0.1) is 0 Å². The second-order valence-electron chi connectivity index (χ2n) is 11.5. The molecule has 4 aliphatic heterocycles. The van der Waals surface area contributed by atoms with Gasteiger partial charge in [-0.2, -0.15) is 0 Å². The van der Waals surface area contributed by atoms with Gasteiger partial charge in [-0.25, -0.2) is 0 Å². The molecule has 2 aromatic carbocycles. The van der Waals surface area contributed by atoms with E-state index in [4.69, 9.17) is 9.47 Å². The fourth-order valence-corrected chi connectivity index (χ4v) is 7.25. The zero-order valence-electron chi connectivity index (χ0n) is 23.5. The number of nitrogens with zero attached hydrogens (tertiary/aromatic N) is 2. The largest absolute Gasteiger partial charge is 0.465 e. The van der Waals surface area contributed by atoms with Gasteiger partial charge >= 0.3 is 5.97 Å². The molecule has 0 radical (unpaired) electrons. The number of fused-ring (bicyclic) bond motifs is 3. The lowest BCUT2D eigenvalue weighted by molar-refractivity contribution is -0.160. The molecule has 8 nitrogen and oxygen atoms in total. The summed E-state index contributed by atoms with van der Waals surface area (Å²) in [5.41, 5.74) is -1.65. The van der Waals surface area contributed by atoms with Gasteiger partial charge in [0, 0.05) is 25.4 Å². The number of amides is 2. The van der Waals surface area contributed by atoms with Crippen LogP contribution in [0.2, 0.25) is 0 Å². The molecule has 8 heteroatoms. The predicted octanol–water partition coefficient (Wildman–Crippen LogP) is 4.16. The quantitative estimate of drug-likeness (QED) is 0.325. The summed E-state index contributed by atoms with van der Waals surface area (Å²) in [5.74, 6) is -2.72. The third-order valence-electron chi connectivity index (χ3n) is 9.23. The molecule has 2 aromatic rings. The number of hydrogen-bond acceptors (Lipinski definition) is 6. The Morgan fingerprint density at radius 1 is 0.951 bits per heavy atom. The Bertz CT molecular complexity index is 1400. The maximum atomic E-state index is 14.6. The Balaban J connectivity index is 1.47. The highest BCUT2D eigenvalue weighted by molar-refractivity contribution is 6.06. The normalized spacial score (nSPS) is 32.3. The Morgan fingerprint density at radius 2 is 1.78 bits per heavy atom. The van der Waals surface area contributed by atoms with Gasteiger partial charge < -0.3 is 24.4 Å². The fraction of sp³-hybridized carbons (Fsp3) is 0.485. The minimum absolute atomic E-state index is 0.00642. The van der Waals surface area contributed by atoms with Crippen LogP contribution < -0.4 is 4.90 Å². The number of carbonyl (C=O) groups is 3. The van der Waals surface area contributed by atoms with E-state index in [1.807, 2.05) is 67.6 Å². The minimum atomic E-state index is -1.32. The molecule has 6 rings (SSSR count). The second kappa shape index (κ2) is 11.1. The van der Waals surface area contributed by atoms with E-state index in [2.05, 4.69) is 6.08 Å². The molecule has 1 spiro atoms. The molecule has 0 saturated carbocycles. The number of unbranched alkanes of at least 4 members (excludes halogenated alkanes) is 1. The van der Waals surface area contributed by atoms with Gasteiger partial charge in [-0.3, -0.25) is 14.4 Å². The number of benzene rings is 2. The molecule has 5 atom stereocenters. The maximum Gasteiger partial charge on any atom is 0.313 e. The zero-order chi connectivity index (χ0) is 28.6. The van der Waals surface area contributed by atoms with Crippen molar-refractivity contribution in [2.75, 3.05) is 31.2 Å². The van der Waals surface area contributed by atoms with Gasteiger partial charge in [0.1, 0.15) is 23.2 Å². The average Bonchev–Trinajstić information content (AvgIpc) is 3.34. The second-order valence-corrected chi connectivity index (χ2v) is 11.5. The lowest BCUT2D eigenvalue weighted by Crippen LogP contribution is -2.56. The smallest absolute Gasteiger partial charge is 0.313 e. The number of anilines is 1.